The van der Waals surface area contributed by atoms with Gasteiger partial charge in [0.2, 0.25) is 5.91 Å². The van der Waals surface area contributed by atoms with E-state index in [0.29, 0.717) is 29.9 Å². The molecule has 1 aromatic rings. The number of nitrogens with zero attached hydrogens (tertiary/aromatic N) is 1. The van der Waals surface area contributed by atoms with Gasteiger partial charge >= 0.3 is 0 Å². The van der Waals surface area contributed by atoms with Crippen molar-refractivity contribution >= 4 is 17.7 Å². The molecule has 32 heavy (non-hydrogen) atoms. The van der Waals surface area contributed by atoms with Crippen molar-refractivity contribution in [2.75, 3.05) is 24.6 Å². The fourth-order valence-electron chi connectivity index (χ4n) is 5.62. The first-order valence-corrected chi connectivity index (χ1v) is 13.3. The highest BCUT2D eigenvalue weighted by Crippen LogP contribution is 2.48. The quantitative estimate of drug-likeness (QED) is 0.434. The summed E-state index contributed by atoms with van der Waals surface area (Å²) in [4.78, 5) is 14.2. The van der Waals surface area contributed by atoms with Gasteiger partial charge in [0.1, 0.15) is 0 Å². The summed E-state index contributed by atoms with van der Waals surface area (Å²) in [6.45, 7) is 3.94. The van der Waals surface area contributed by atoms with Crippen molar-refractivity contribution in [2.24, 2.45) is 17.8 Å². The lowest BCUT2D eigenvalue weighted by molar-refractivity contribution is -0.127. The lowest BCUT2D eigenvalue weighted by Crippen LogP contribution is -2.29. The summed E-state index contributed by atoms with van der Waals surface area (Å²) in [5.41, 5.74) is 3.82. The maximum Gasteiger partial charge on any atom is 0.232 e. The highest BCUT2D eigenvalue weighted by atomic mass is 32.2. The van der Waals surface area contributed by atoms with Gasteiger partial charge in [-0.3, -0.25) is 4.79 Å². The van der Waals surface area contributed by atoms with Gasteiger partial charge in [-0.15, -0.1) is 0 Å². The van der Waals surface area contributed by atoms with E-state index in [1.165, 1.54) is 11.1 Å². The number of allylic oxidation sites excluding steroid dienone is 2. The van der Waals surface area contributed by atoms with Gasteiger partial charge in [0.05, 0.1) is 18.0 Å². The Morgan fingerprint density at radius 2 is 2.12 bits per heavy atom. The van der Waals surface area contributed by atoms with E-state index in [-0.39, 0.29) is 12.0 Å². The molecular weight excluding hydrogens is 418 g/mol. The van der Waals surface area contributed by atoms with E-state index >= 15 is 0 Å². The number of aliphatic hydroxyl groups excluding tert-OH is 2. The molecule has 1 amide bonds. The van der Waals surface area contributed by atoms with Crippen molar-refractivity contribution in [1.82, 2.24) is 4.90 Å². The van der Waals surface area contributed by atoms with Crippen LogP contribution < -0.4 is 0 Å². The normalized spacial score (nSPS) is 28.3. The summed E-state index contributed by atoms with van der Waals surface area (Å²) in [5.74, 6) is 2.89. The molecule has 4 rings (SSSR count). The number of hydrogen-bond acceptors (Lipinski definition) is 4. The molecule has 0 aromatic heterocycles. The van der Waals surface area contributed by atoms with Crippen LogP contribution in [0.5, 0.6) is 0 Å². The highest BCUT2D eigenvalue weighted by molar-refractivity contribution is 7.99. The van der Waals surface area contributed by atoms with E-state index in [2.05, 4.69) is 31.2 Å². The molecule has 5 atom stereocenters. The van der Waals surface area contributed by atoms with Gasteiger partial charge in [-0.25, -0.2) is 0 Å². The van der Waals surface area contributed by atoms with Crippen LogP contribution in [-0.4, -0.2) is 57.8 Å². The summed E-state index contributed by atoms with van der Waals surface area (Å²) in [6.07, 6.45) is 11.3. The Hall–Kier alpha value is -1.56. The van der Waals surface area contributed by atoms with Crippen LogP contribution in [-0.2, 0) is 11.2 Å². The zero-order chi connectivity index (χ0) is 22.5. The lowest BCUT2D eigenvalue weighted by atomic mass is 9.88. The van der Waals surface area contributed by atoms with Crippen molar-refractivity contribution < 1.29 is 15.0 Å². The number of rotatable bonds is 9. The van der Waals surface area contributed by atoms with Gasteiger partial charge < -0.3 is 15.1 Å². The van der Waals surface area contributed by atoms with Crippen LogP contribution in [0.4, 0.5) is 0 Å². The molecule has 4 nitrogen and oxygen atoms in total. The average Bonchev–Trinajstić information content (AvgIpc) is 3.47. The summed E-state index contributed by atoms with van der Waals surface area (Å²) >= 11 is 1.75. The van der Waals surface area contributed by atoms with Crippen molar-refractivity contribution in [1.29, 1.82) is 0 Å². The van der Waals surface area contributed by atoms with Gasteiger partial charge in [-0.05, 0) is 62.2 Å². The molecule has 0 spiro atoms. The van der Waals surface area contributed by atoms with E-state index in [9.17, 15) is 15.0 Å². The molecule has 174 valence electrons. The van der Waals surface area contributed by atoms with Crippen molar-refractivity contribution in [2.45, 2.75) is 57.7 Å². The zero-order valence-electron chi connectivity index (χ0n) is 19.2. The molecule has 2 aliphatic carbocycles. The Morgan fingerprint density at radius 3 is 2.91 bits per heavy atom. The molecule has 1 aromatic carbocycles. The van der Waals surface area contributed by atoms with E-state index in [4.69, 9.17) is 0 Å². The maximum absolute atomic E-state index is 12.2. The van der Waals surface area contributed by atoms with Gasteiger partial charge in [0.15, 0.2) is 0 Å². The number of fused-ring (bicyclic) bond motifs is 1. The standard InChI is InChI=1S/C27H37NO3S/c1-19-5-4-6-20(13-19)15-23(29)7-8-24-25-16-21(14-22(25)17-26(24)30)9-12-32-18-27(31)28-10-2-3-11-28/h4-8,13-14,22-26,29-30H,2-3,9-12,15-18H2,1H3/b8-7+/t22-,23+,24+,25-,26+/m0/s1. The van der Waals surface area contributed by atoms with Crippen LogP contribution in [0.3, 0.4) is 0 Å². The Labute approximate surface area is 196 Å². The molecule has 1 saturated carbocycles. The third-order valence-electron chi connectivity index (χ3n) is 7.28. The predicted octanol–water partition coefficient (Wildman–Crippen LogP) is 4.14. The molecule has 2 N–H and O–H groups in total. The third kappa shape index (κ3) is 6.06. The van der Waals surface area contributed by atoms with Crippen LogP contribution in [0.25, 0.3) is 0 Å². The highest BCUT2D eigenvalue weighted by Gasteiger charge is 2.43. The molecule has 1 aliphatic heterocycles. The first-order valence-electron chi connectivity index (χ1n) is 12.1. The second-order valence-electron chi connectivity index (χ2n) is 9.77. The summed E-state index contributed by atoms with van der Waals surface area (Å²) in [5, 5.41) is 21.1. The zero-order valence-corrected chi connectivity index (χ0v) is 20.0. The van der Waals surface area contributed by atoms with E-state index in [1.54, 1.807) is 11.8 Å². The largest absolute Gasteiger partial charge is 0.392 e. The number of amides is 1. The first kappa shape index (κ1) is 23.6. The number of carbonyl (C=O) groups excluding carboxylic acids is 1. The Balaban J connectivity index is 1.22. The molecule has 5 heteroatoms. The second kappa shape index (κ2) is 11.0. The number of likely N-dealkylation sites (tertiary alicyclic amines) is 1. The smallest absolute Gasteiger partial charge is 0.232 e. The number of aryl methyl sites for hydroxylation is 1. The number of thioether (sulfide) groups is 1. The van der Waals surface area contributed by atoms with Crippen LogP contribution in [0.15, 0.2) is 48.1 Å². The Kier molecular flexibility index (Phi) is 8.14. The number of aliphatic hydroxyl groups is 2. The van der Waals surface area contributed by atoms with Gasteiger partial charge in [-0.2, -0.15) is 11.8 Å². The van der Waals surface area contributed by atoms with Crippen molar-refractivity contribution in [3.8, 4) is 0 Å². The lowest BCUT2D eigenvalue weighted by Gasteiger charge is -2.19. The molecular formula is C27H37NO3S. The van der Waals surface area contributed by atoms with Gasteiger partial charge in [0, 0.05) is 25.4 Å². The summed E-state index contributed by atoms with van der Waals surface area (Å²) < 4.78 is 0. The van der Waals surface area contributed by atoms with Crippen molar-refractivity contribution in [3.63, 3.8) is 0 Å². The van der Waals surface area contributed by atoms with E-state index < -0.39 is 6.10 Å². The SMILES string of the molecule is Cc1cccc(C[C@H](O)/C=C/[C@@H]2[C@H]3CC(CCSCC(=O)N4CCCC4)=C[C@H]3C[C@H]2O)c1. The Bertz CT molecular complexity index is 845. The minimum Gasteiger partial charge on any atom is -0.392 e. The van der Waals surface area contributed by atoms with Crippen LogP contribution in [0.1, 0.15) is 43.2 Å². The van der Waals surface area contributed by atoms with E-state index in [0.717, 1.165) is 56.5 Å². The number of benzene rings is 1. The molecule has 0 unspecified atom stereocenters. The fourth-order valence-corrected chi connectivity index (χ4v) is 6.52. The number of hydrogen-bond donors (Lipinski definition) is 2. The van der Waals surface area contributed by atoms with E-state index in [1.807, 2.05) is 23.1 Å². The maximum atomic E-state index is 12.2. The van der Waals surface area contributed by atoms with Gasteiger partial charge in [0.25, 0.3) is 0 Å². The minimum absolute atomic E-state index is 0.116. The summed E-state index contributed by atoms with van der Waals surface area (Å²) in [7, 11) is 0. The first-order chi connectivity index (χ1) is 15.5. The third-order valence-corrected chi connectivity index (χ3v) is 8.23. The number of carbonyl (C=O) groups is 1. The fraction of sp³-hybridized carbons (Fsp3) is 0.593. The van der Waals surface area contributed by atoms with Crippen molar-refractivity contribution in [3.05, 3.63) is 59.2 Å². The van der Waals surface area contributed by atoms with Crippen LogP contribution in [0, 0.1) is 24.7 Å². The monoisotopic (exact) mass is 455 g/mol. The molecule has 1 saturated heterocycles. The topological polar surface area (TPSA) is 60.8 Å². The average molecular weight is 456 g/mol. The molecule has 3 aliphatic rings. The minimum atomic E-state index is -0.526. The second-order valence-corrected chi connectivity index (χ2v) is 10.9. The molecule has 2 fully saturated rings. The van der Waals surface area contributed by atoms with Crippen LogP contribution >= 0.6 is 11.8 Å². The molecule has 1 heterocycles. The van der Waals surface area contributed by atoms with Crippen LogP contribution in [0.2, 0.25) is 0 Å². The predicted molar refractivity (Wildman–Crippen MR) is 132 cm³/mol. The summed E-state index contributed by atoms with van der Waals surface area (Å²) in [6, 6.07) is 8.25. The Morgan fingerprint density at radius 1 is 1.31 bits per heavy atom. The molecule has 0 bridgehead atoms. The van der Waals surface area contributed by atoms with Gasteiger partial charge in [-0.1, -0.05) is 53.6 Å². The molecule has 0 radical (unpaired) electrons.